The van der Waals surface area contributed by atoms with Crippen LogP contribution in [-0.2, 0) is 43.3 Å². The van der Waals surface area contributed by atoms with E-state index in [0.717, 1.165) is 86.8 Å². The van der Waals surface area contributed by atoms with Crippen LogP contribution in [0.15, 0.2) is 56.9 Å². The Labute approximate surface area is 410 Å². The molecule has 1 aromatic heterocycles. The van der Waals surface area contributed by atoms with E-state index in [1.54, 1.807) is 0 Å². The zero-order chi connectivity index (χ0) is 51.0. The van der Waals surface area contributed by atoms with Gasteiger partial charge in [-0.15, -0.1) is 0 Å². The number of phenolic OH excluding ortho intramolecular Hbond substituents is 1. The van der Waals surface area contributed by atoms with Gasteiger partial charge in [0.15, 0.2) is 0 Å². The summed E-state index contributed by atoms with van der Waals surface area (Å²) < 4.78 is 22.6. The van der Waals surface area contributed by atoms with Gasteiger partial charge in [0.25, 0.3) is 0 Å². The Morgan fingerprint density at radius 2 is 0.776 bits per heavy atom. The van der Waals surface area contributed by atoms with Crippen LogP contribution in [0.5, 0.6) is 11.5 Å². The summed E-state index contributed by atoms with van der Waals surface area (Å²) in [4.78, 5) is 0. The normalized spacial score (nSPS) is 14.3. The van der Waals surface area contributed by atoms with Crippen LogP contribution in [0.1, 0.15) is 260 Å². The van der Waals surface area contributed by atoms with E-state index in [-0.39, 0.29) is 49.2 Å². The minimum atomic E-state index is -2.09. The van der Waals surface area contributed by atoms with Crippen LogP contribution in [0.4, 0.5) is 0 Å². The topological polar surface area (TPSA) is 55.7 Å². The molecule has 5 aromatic rings. The molecular formula is C62H93O4P. The second-order valence-electron chi connectivity index (χ2n) is 26.9. The Hall–Kier alpha value is -3.62. The van der Waals surface area contributed by atoms with Crippen molar-refractivity contribution in [1.29, 1.82) is 0 Å². The van der Waals surface area contributed by atoms with Crippen molar-refractivity contribution < 1.29 is 18.0 Å². The monoisotopic (exact) mass is 933 g/mol. The van der Waals surface area contributed by atoms with Crippen molar-refractivity contribution >= 4 is 30.2 Å². The number of hydrogen-bond acceptors (Lipinski definition) is 4. The molecule has 0 radical (unpaired) electrons. The third-order valence-corrected chi connectivity index (χ3v) is 17.1. The molecule has 0 aliphatic carbocycles. The maximum Gasteiger partial charge on any atom is 0.453 e. The van der Waals surface area contributed by atoms with Crippen LogP contribution in [0.2, 0.25) is 0 Å². The van der Waals surface area contributed by atoms with Gasteiger partial charge >= 0.3 is 8.24 Å². The summed E-state index contributed by atoms with van der Waals surface area (Å²) in [5, 5.41) is 14.8. The van der Waals surface area contributed by atoms with E-state index < -0.39 is 8.24 Å². The summed E-state index contributed by atoms with van der Waals surface area (Å²) in [6, 6.07) is 18.8. The average Bonchev–Trinajstić information content (AvgIpc) is 3.37. The lowest BCUT2D eigenvalue weighted by atomic mass is 9.72. The molecule has 0 saturated heterocycles. The molecule has 0 aliphatic heterocycles. The van der Waals surface area contributed by atoms with E-state index in [0.29, 0.717) is 5.75 Å². The largest absolute Gasteiger partial charge is 0.507 e. The molecule has 67 heavy (non-hydrogen) atoms. The van der Waals surface area contributed by atoms with Crippen molar-refractivity contribution in [3.8, 4) is 11.5 Å². The molecule has 5 rings (SSSR count). The highest BCUT2D eigenvalue weighted by atomic mass is 31.1. The Balaban J connectivity index is 2.09. The molecule has 4 aromatic carbocycles. The summed E-state index contributed by atoms with van der Waals surface area (Å²) in [5.41, 5.74) is 11.6. The highest BCUT2D eigenvalue weighted by molar-refractivity contribution is 7.32. The molecule has 0 amide bonds. The predicted octanol–water partition coefficient (Wildman–Crippen LogP) is 19.9. The van der Waals surface area contributed by atoms with Crippen molar-refractivity contribution in [2.45, 2.75) is 248 Å². The van der Waals surface area contributed by atoms with Gasteiger partial charge in [-0.25, -0.2) is 0 Å². The van der Waals surface area contributed by atoms with Crippen molar-refractivity contribution in [3.63, 3.8) is 0 Å². The third-order valence-electron chi connectivity index (χ3n) is 16.1. The molecular weight excluding hydrogens is 840 g/mol. The Bertz CT molecular complexity index is 2560. The summed E-state index contributed by atoms with van der Waals surface area (Å²) in [5.74, 6) is 0.921. The molecule has 1 atom stereocenters. The maximum absolute atomic E-state index is 12.7. The zero-order valence-corrected chi connectivity index (χ0v) is 48.0. The first-order valence-corrected chi connectivity index (χ1v) is 26.7. The highest BCUT2D eigenvalue weighted by Crippen LogP contribution is 2.53. The van der Waals surface area contributed by atoms with Crippen molar-refractivity contribution in [3.05, 3.63) is 104 Å². The van der Waals surface area contributed by atoms with E-state index in [1.165, 1.54) is 22.3 Å². The van der Waals surface area contributed by atoms with Gasteiger partial charge < -0.3 is 18.0 Å². The van der Waals surface area contributed by atoms with E-state index in [9.17, 15) is 5.11 Å². The fourth-order valence-corrected chi connectivity index (χ4v) is 10.1. The smallest absolute Gasteiger partial charge is 0.453 e. The second kappa shape index (κ2) is 18.3. The predicted molar refractivity (Wildman–Crippen MR) is 292 cm³/mol. The van der Waals surface area contributed by atoms with Gasteiger partial charge in [0.2, 0.25) is 0 Å². The van der Waals surface area contributed by atoms with Crippen molar-refractivity contribution in [2.75, 3.05) is 0 Å². The van der Waals surface area contributed by atoms with Crippen LogP contribution in [-0.4, -0.2) is 5.11 Å². The van der Waals surface area contributed by atoms with Gasteiger partial charge in [-0.1, -0.05) is 209 Å². The van der Waals surface area contributed by atoms with Crippen LogP contribution < -0.4 is 4.52 Å². The standard InChI is InChI=1S/C62H93O4P/c1-26-59(18,19)41-32-43(51(63)47(36-41)61(22,23)28-3)38(5)44-33-42(60(20,21)27-2)37-50(62(24,25)29-4)52(44)64-67-65-53-45(30-39(55(6,7)8)34-48(53)57(12,13)14)46-31-40(56(9,10)11)35-49(54(46)66-67)58(15,16)17/h30-38,63H,26-29H2,1-25H3. The Kier molecular flexibility index (Phi) is 14.8. The van der Waals surface area contributed by atoms with Crippen molar-refractivity contribution in [2.24, 2.45) is 0 Å². The van der Waals surface area contributed by atoms with Crippen LogP contribution in [0.3, 0.4) is 0 Å². The summed E-state index contributed by atoms with van der Waals surface area (Å²) in [6.07, 6.45) is 3.74. The van der Waals surface area contributed by atoms with Gasteiger partial charge in [-0.2, -0.15) is 0 Å². The van der Waals surface area contributed by atoms with Gasteiger partial charge in [0.1, 0.15) is 22.7 Å². The first-order valence-electron chi connectivity index (χ1n) is 25.6. The lowest BCUT2D eigenvalue weighted by Gasteiger charge is -2.34. The molecule has 4 nitrogen and oxygen atoms in total. The fraction of sp³-hybridized carbons (Fsp3) is 0.613. The molecule has 0 spiro atoms. The Morgan fingerprint density at radius 1 is 0.433 bits per heavy atom. The molecule has 0 saturated carbocycles. The lowest BCUT2D eigenvalue weighted by molar-refractivity contribution is 0.417. The molecule has 0 bridgehead atoms. The molecule has 0 aliphatic rings. The van der Waals surface area contributed by atoms with Gasteiger partial charge in [-0.3, -0.25) is 0 Å². The number of hydrogen-bond donors (Lipinski definition) is 1. The molecule has 370 valence electrons. The van der Waals surface area contributed by atoms with E-state index in [1.807, 2.05) is 0 Å². The third kappa shape index (κ3) is 10.9. The number of fused-ring (bicyclic) bond motifs is 3. The van der Waals surface area contributed by atoms with E-state index in [4.69, 9.17) is 12.9 Å². The maximum atomic E-state index is 12.7. The number of aromatic hydroxyl groups is 1. The summed E-state index contributed by atoms with van der Waals surface area (Å²) >= 11 is 0. The number of phenols is 1. The van der Waals surface area contributed by atoms with Crippen LogP contribution in [0.25, 0.3) is 21.9 Å². The van der Waals surface area contributed by atoms with Gasteiger partial charge in [0.05, 0.1) is 0 Å². The SMILES string of the molecule is CCC(C)(C)c1cc(C(C)c2cc(C(C)(C)CC)cc(C(C)(C)CC)c2Op2oc3c(C(C)(C)C)cc(C(C)(C)C)cc3c3cc(C(C)(C)C)cc(C(C)(C)C)c3o2)c(O)c(C(C)(C)CC)c1. The summed E-state index contributed by atoms with van der Waals surface area (Å²) in [6.45, 7) is 57.3. The first-order chi connectivity index (χ1) is 30.4. The fourth-order valence-electron chi connectivity index (χ4n) is 8.93. The molecule has 1 unspecified atom stereocenters. The minimum Gasteiger partial charge on any atom is -0.507 e. The molecule has 1 N–H and O–H groups in total. The average molecular weight is 933 g/mol. The quantitative estimate of drug-likeness (QED) is 0.135. The van der Waals surface area contributed by atoms with Gasteiger partial charge in [-0.05, 0) is 103 Å². The van der Waals surface area contributed by atoms with Crippen molar-refractivity contribution in [1.82, 2.24) is 0 Å². The van der Waals surface area contributed by atoms with E-state index >= 15 is 0 Å². The minimum absolute atomic E-state index is 0.0945. The lowest BCUT2D eigenvalue weighted by Crippen LogP contribution is -2.23. The van der Waals surface area contributed by atoms with E-state index in [2.05, 4.69) is 222 Å². The van der Waals surface area contributed by atoms with Crippen LogP contribution >= 0.6 is 8.24 Å². The zero-order valence-electron chi connectivity index (χ0n) is 47.1. The van der Waals surface area contributed by atoms with Crippen LogP contribution in [0, 0.1) is 0 Å². The first kappa shape index (κ1) is 54.3. The Morgan fingerprint density at radius 3 is 1.13 bits per heavy atom. The summed E-state index contributed by atoms with van der Waals surface area (Å²) in [7, 11) is -2.09. The second-order valence-corrected chi connectivity index (χ2v) is 27.9. The molecule has 0 fully saturated rings. The highest BCUT2D eigenvalue weighted by Gasteiger charge is 2.36. The molecule has 5 heteroatoms. The number of rotatable bonds is 12. The number of benzene rings is 4. The van der Waals surface area contributed by atoms with Gasteiger partial charge in [0, 0.05) is 50.1 Å². The molecule has 1 heterocycles.